The van der Waals surface area contributed by atoms with Crippen LogP contribution in [0.25, 0.3) is 33.4 Å². The molecule has 1 heterocycles. The average molecular weight is 534 g/mol. The maximum absolute atomic E-state index is 12.1. The number of carboxylic acids is 2. The van der Waals surface area contributed by atoms with E-state index < -0.39 is 11.9 Å². The van der Waals surface area contributed by atoms with Crippen LogP contribution in [0, 0.1) is 5.41 Å². The van der Waals surface area contributed by atoms with Crippen LogP contribution < -0.4 is 20.9 Å². The van der Waals surface area contributed by atoms with Gasteiger partial charge in [-0.1, -0.05) is 0 Å². The largest absolute Gasteiger partial charge is 0.478 e. The summed E-state index contributed by atoms with van der Waals surface area (Å²) < 4.78 is 14.3. The smallest absolute Gasteiger partial charge is 0.336 e. The quantitative estimate of drug-likeness (QED) is 0.0454. The number of thiol groups is 2. The molecule has 0 bridgehead atoms. The summed E-state index contributed by atoms with van der Waals surface area (Å²) in [4.78, 5) is 33.9. The summed E-state index contributed by atoms with van der Waals surface area (Å²) in [7, 11) is 0. The zero-order valence-electron chi connectivity index (χ0n) is 17.6. The Bertz CT molecular complexity index is 1520. The van der Waals surface area contributed by atoms with Crippen molar-refractivity contribution < 1.29 is 52.7 Å². The summed E-state index contributed by atoms with van der Waals surface area (Å²) in [6.45, 7) is 0. The molecule has 0 saturated heterocycles. The van der Waals surface area contributed by atoms with E-state index in [1.165, 1.54) is 30.3 Å². The number of carbonyl (C=O) groups is 2. The van der Waals surface area contributed by atoms with E-state index in [1.807, 2.05) is 0 Å². The van der Waals surface area contributed by atoms with Crippen molar-refractivity contribution in [2.45, 2.75) is 0 Å². The summed E-state index contributed by atoms with van der Waals surface area (Å²) in [6.07, 6.45) is 0. The van der Waals surface area contributed by atoms with Crippen molar-refractivity contribution in [2.75, 3.05) is 5.73 Å². The number of anilines is 1. The summed E-state index contributed by atoms with van der Waals surface area (Å²) in [6, 6.07) is 9.19. The standard InChI is InChI=1S/C21H14N2O11S2/c22-13-5-3-10-15(12-7-8(20(24)25)1-2-9(12)21(26)27)11-4-6-14(23)19(30-32-34-36)17(11)28-16(10)18(13)29-31-33-35/h1-7,22,35-36H,23H2,(H,24,25)(H,26,27). The highest BCUT2D eigenvalue weighted by Crippen LogP contribution is 2.47. The zero-order valence-corrected chi connectivity index (χ0v) is 19.4. The van der Waals surface area contributed by atoms with Crippen molar-refractivity contribution in [1.82, 2.24) is 0 Å². The fraction of sp³-hybridized carbons (Fsp3) is 0. The normalized spacial score (nSPS) is 11.1. The molecule has 0 aromatic heterocycles. The predicted octanol–water partition coefficient (Wildman–Crippen LogP) is 3.84. The Morgan fingerprint density at radius 2 is 1.58 bits per heavy atom. The number of hydrogen-bond acceptors (Lipinski definition) is 13. The van der Waals surface area contributed by atoms with E-state index in [2.05, 4.69) is 44.6 Å². The van der Waals surface area contributed by atoms with Gasteiger partial charge in [0.1, 0.15) is 5.36 Å². The van der Waals surface area contributed by atoms with Gasteiger partial charge in [0.05, 0.1) is 16.8 Å². The molecule has 0 fully saturated rings. The number of fused-ring (bicyclic) bond motifs is 2. The van der Waals surface area contributed by atoms with E-state index in [9.17, 15) is 19.8 Å². The highest BCUT2D eigenvalue weighted by molar-refractivity contribution is 7.75. The molecule has 0 amide bonds. The van der Waals surface area contributed by atoms with Crippen LogP contribution in [-0.2, 0) is 18.7 Å². The monoisotopic (exact) mass is 534 g/mol. The van der Waals surface area contributed by atoms with Gasteiger partial charge in [0.15, 0.2) is 11.3 Å². The third kappa shape index (κ3) is 4.49. The number of nitrogen functional groups attached to an aromatic ring is 1. The van der Waals surface area contributed by atoms with E-state index >= 15 is 0 Å². The Labute approximate surface area is 211 Å². The van der Waals surface area contributed by atoms with E-state index in [-0.39, 0.29) is 67.1 Å². The van der Waals surface area contributed by atoms with Crippen LogP contribution in [0.3, 0.4) is 0 Å². The van der Waals surface area contributed by atoms with Gasteiger partial charge in [-0.3, -0.25) is 5.41 Å². The van der Waals surface area contributed by atoms with Gasteiger partial charge in [0.25, 0.3) is 0 Å². The Balaban J connectivity index is 2.22. The van der Waals surface area contributed by atoms with Crippen LogP contribution in [-0.4, -0.2) is 22.2 Å². The molecule has 0 unspecified atom stereocenters. The van der Waals surface area contributed by atoms with E-state index in [0.29, 0.717) is 0 Å². The SMILES string of the molecule is N=c1ccc2c(-c3cc(C(=O)O)ccc3C(=O)O)c3ccc(N)c(OOOS)c3oc-2c1OOOS. The molecule has 0 atom stereocenters. The minimum absolute atomic E-state index is 0.00493. The van der Waals surface area contributed by atoms with Crippen molar-refractivity contribution in [2.24, 2.45) is 0 Å². The number of carboxylic acid groups (broad SMARTS) is 2. The van der Waals surface area contributed by atoms with Crippen molar-refractivity contribution >= 4 is 54.4 Å². The highest BCUT2D eigenvalue weighted by Gasteiger charge is 2.28. The van der Waals surface area contributed by atoms with Gasteiger partial charge in [-0.15, -0.1) is 8.67 Å². The van der Waals surface area contributed by atoms with E-state index in [1.54, 1.807) is 0 Å². The summed E-state index contributed by atoms with van der Waals surface area (Å²) in [5.41, 5.74) is 5.90. The molecule has 4 rings (SSSR count). The molecule has 0 saturated carbocycles. The molecule has 2 aliphatic rings. The lowest BCUT2D eigenvalue weighted by Gasteiger charge is -2.19. The second-order valence-corrected chi connectivity index (χ2v) is 7.28. The van der Waals surface area contributed by atoms with E-state index in [0.717, 1.165) is 12.1 Å². The van der Waals surface area contributed by atoms with Crippen molar-refractivity contribution in [1.29, 1.82) is 5.41 Å². The second kappa shape index (κ2) is 10.3. The van der Waals surface area contributed by atoms with Gasteiger partial charge in [-0.25, -0.2) is 9.59 Å². The minimum Gasteiger partial charge on any atom is -0.478 e. The summed E-state index contributed by atoms with van der Waals surface area (Å²) >= 11 is 6.84. The van der Waals surface area contributed by atoms with Crippen LogP contribution in [0.5, 0.6) is 11.5 Å². The topological polar surface area (TPSA) is 193 Å². The summed E-state index contributed by atoms with van der Waals surface area (Å²) in [5, 5.41) is 36.4. The van der Waals surface area contributed by atoms with Crippen molar-refractivity contribution in [3.05, 3.63) is 58.9 Å². The first kappa shape index (κ1) is 25.1. The lowest BCUT2D eigenvalue weighted by molar-refractivity contribution is -0.403. The first-order valence-corrected chi connectivity index (χ1v) is 10.3. The fourth-order valence-electron chi connectivity index (χ4n) is 3.61. The fourth-order valence-corrected chi connectivity index (χ4v) is 3.67. The van der Waals surface area contributed by atoms with Crippen LogP contribution in [0.4, 0.5) is 5.69 Å². The molecule has 186 valence electrons. The minimum atomic E-state index is -1.33. The maximum Gasteiger partial charge on any atom is 0.336 e. The Morgan fingerprint density at radius 3 is 2.22 bits per heavy atom. The van der Waals surface area contributed by atoms with Gasteiger partial charge in [-0.05, 0) is 58.1 Å². The first-order valence-electron chi connectivity index (χ1n) is 9.55. The number of nitrogens with two attached hydrogens (primary N) is 1. The van der Waals surface area contributed by atoms with E-state index in [4.69, 9.17) is 25.3 Å². The average Bonchev–Trinajstić information content (AvgIpc) is 2.86. The Kier molecular flexibility index (Phi) is 7.20. The third-order valence-electron chi connectivity index (χ3n) is 5.06. The predicted molar refractivity (Wildman–Crippen MR) is 126 cm³/mol. The number of nitrogens with one attached hydrogen (secondary N) is 1. The molecule has 15 heteroatoms. The van der Waals surface area contributed by atoms with Gasteiger partial charge in [0, 0.05) is 42.3 Å². The molecule has 2 aromatic carbocycles. The summed E-state index contributed by atoms with van der Waals surface area (Å²) in [5.74, 6) is -3.26. The molecule has 1 aliphatic heterocycles. The van der Waals surface area contributed by atoms with Crippen molar-refractivity contribution in [3.8, 4) is 33.9 Å². The van der Waals surface area contributed by atoms with Crippen LogP contribution in [0.15, 0.2) is 46.9 Å². The van der Waals surface area contributed by atoms with Gasteiger partial charge >= 0.3 is 11.9 Å². The number of rotatable bonds is 9. The number of benzene rings is 3. The van der Waals surface area contributed by atoms with Crippen molar-refractivity contribution in [3.63, 3.8) is 0 Å². The molecule has 0 radical (unpaired) electrons. The first-order chi connectivity index (χ1) is 17.3. The van der Waals surface area contributed by atoms with Gasteiger partial charge in [0.2, 0.25) is 11.5 Å². The second-order valence-electron chi connectivity index (χ2n) is 6.98. The third-order valence-corrected chi connectivity index (χ3v) is 5.18. The van der Waals surface area contributed by atoms with Crippen LogP contribution in [0.2, 0.25) is 0 Å². The number of aromatic carboxylic acids is 2. The molecule has 13 nitrogen and oxygen atoms in total. The Morgan fingerprint density at radius 1 is 0.889 bits per heavy atom. The van der Waals surface area contributed by atoms with Gasteiger partial charge < -0.3 is 30.1 Å². The molecule has 5 N–H and O–H groups in total. The lowest BCUT2D eigenvalue weighted by atomic mass is 9.89. The van der Waals surface area contributed by atoms with Crippen LogP contribution >= 0.6 is 25.8 Å². The van der Waals surface area contributed by atoms with Crippen LogP contribution in [0.1, 0.15) is 20.7 Å². The maximum atomic E-state index is 12.1. The lowest BCUT2D eigenvalue weighted by Crippen LogP contribution is -2.11. The van der Waals surface area contributed by atoms with Gasteiger partial charge in [-0.2, -0.15) is 0 Å². The molecule has 1 aliphatic carbocycles. The zero-order chi connectivity index (χ0) is 26.0. The highest BCUT2D eigenvalue weighted by atomic mass is 32.1. The molecule has 2 aromatic rings. The molecular formula is C21H14N2O11S2. The Hall–Kier alpha value is -3.99. The molecule has 36 heavy (non-hydrogen) atoms. The molecular weight excluding hydrogens is 520 g/mol. The molecule has 0 spiro atoms. The number of hydrogen-bond donors (Lipinski definition) is 6.